The molecule has 0 spiro atoms. The Kier molecular flexibility index (Phi) is 8.26. The van der Waals surface area contributed by atoms with Crippen molar-refractivity contribution in [3.05, 3.63) is 82.9 Å². The third-order valence-corrected chi connectivity index (χ3v) is 5.84. The van der Waals surface area contributed by atoms with Gasteiger partial charge >= 0.3 is 6.03 Å². The molecule has 4 amide bonds. The number of benzene rings is 2. The first-order chi connectivity index (χ1) is 16.4. The van der Waals surface area contributed by atoms with Crippen LogP contribution in [0, 0.1) is 0 Å². The average Bonchev–Trinajstić information content (AvgIpc) is 3.44. The molecular weight excluding hydrogens is 452 g/mol. The van der Waals surface area contributed by atoms with E-state index in [4.69, 9.17) is 0 Å². The summed E-state index contributed by atoms with van der Waals surface area (Å²) < 4.78 is 0. The zero-order chi connectivity index (χ0) is 24.7. The van der Waals surface area contributed by atoms with E-state index in [1.165, 1.54) is 6.92 Å². The average molecular weight is 479 g/mol. The number of urea groups is 1. The van der Waals surface area contributed by atoms with Crippen LogP contribution in [-0.2, 0) is 16.0 Å². The fourth-order valence-electron chi connectivity index (χ4n) is 3.48. The Balaban J connectivity index is 0.00000158. The molecular formula is C25H26N4O4S. The van der Waals surface area contributed by atoms with Gasteiger partial charge in [-0.25, -0.2) is 14.7 Å². The lowest BCUT2D eigenvalue weighted by atomic mass is 10.0. The summed E-state index contributed by atoms with van der Waals surface area (Å²) in [6.45, 7) is 5.38. The number of hydrogen-bond acceptors (Lipinski definition) is 6. The van der Waals surface area contributed by atoms with Crippen molar-refractivity contribution in [3.8, 4) is 0 Å². The minimum atomic E-state index is -1.09. The van der Waals surface area contributed by atoms with Gasteiger partial charge in [0.2, 0.25) is 5.91 Å². The Morgan fingerprint density at radius 2 is 1.68 bits per heavy atom. The van der Waals surface area contributed by atoms with Gasteiger partial charge in [0.1, 0.15) is 17.8 Å². The van der Waals surface area contributed by atoms with Crippen molar-refractivity contribution in [1.82, 2.24) is 15.2 Å². The normalized spacial score (nSPS) is 15.7. The van der Waals surface area contributed by atoms with Gasteiger partial charge in [0.05, 0.1) is 0 Å². The maximum absolute atomic E-state index is 13.2. The molecule has 1 aromatic heterocycles. The standard InChI is InChI=1S/C23H20N4O4S.C2H6/c1-14(28)17-13-32-22(24-17)26-20(29)18(12-15-8-4-2-5-9-15)27-21(30)19(25-23(27)31)16-10-6-3-7-11-16;1-2/h2-11,13,18-19H,12H2,1H3,(H,25,31)(H,24,26,29);1-2H3. The lowest BCUT2D eigenvalue weighted by Gasteiger charge is -2.24. The van der Waals surface area contributed by atoms with Crippen molar-refractivity contribution in [1.29, 1.82) is 0 Å². The number of rotatable bonds is 7. The maximum Gasteiger partial charge on any atom is 0.325 e. The Bertz CT molecular complexity index is 1160. The largest absolute Gasteiger partial charge is 0.325 e. The van der Waals surface area contributed by atoms with Crippen molar-refractivity contribution in [3.63, 3.8) is 0 Å². The molecule has 2 atom stereocenters. The SMILES string of the molecule is CC.CC(=O)c1csc(NC(=O)C(Cc2ccccc2)N2C(=O)NC(c3ccccc3)C2=O)n1. The van der Waals surface area contributed by atoms with E-state index in [-0.39, 0.29) is 23.0 Å². The van der Waals surface area contributed by atoms with Gasteiger partial charge in [-0.2, -0.15) is 0 Å². The molecule has 34 heavy (non-hydrogen) atoms. The molecule has 2 heterocycles. The Morgan fingerprint density at radius 1 is 1.06 bits per heavy atom. The molecule has 1 fully saturated rings. The number of amides is 4. The number of ketones is 1. The highest BCUT2D eigenvalue weighted by Gasteiger charge is 2.45. The topological polar surface area (TPSA) is 108 Å². The number of aromatic nitrogens is 1. The van der Waals surface area contributed by atoms with E-state index < -0.39 is 29.9 Å². The van der Waals surface area contributed by atoms with Crippen LogP contribution in [0.3, 0.4) is 0 Å². The molecule has 8 nitrogen and oxygen atoms in total. The first-order valence-corrected chi connectivity index (χ1v) is 11.8. The van der Waals surface area contributed by atoms with Gasteiger partial charge in [0.25, 0.3) is 5.91 Å². The van der Waals surface area contributed by atoms with Gasteiger partial charge in [-0.05, 0) is 11.1 Å². The van der Waals surface area contributed by atoms with E-state index in [9.17, 15) is 19.2 Å². The minimum absolute atomic E-state index is 0.137. The molecule has 2 aromatic carbocycles. The van der Waals surface area contributed by atoms with Crippen LogP contribution in [0.1, 0.15) is 48.4 Å². The number of imide groups is 1. The predicted octanol–water partition coefficient (Wildman–Crippen LogP) is 4.21. The van der Waals surface area contributed by atoms with Crippen LogP contribution in [-0.4, -0.2) is 39.6 Å². The monoisotopic (exact) mass is 478 g/mol. The van der Waals surface area contributed by atoms with Crippen molar-refractivity contribution in [2.45, 2.75) is 39.3 Å². The molecule has 0 saturated carbocycles. The number of nitrogens with one attached hydrogen (secondary N) is 2. The van der Waals surface area contributed by atoms with Crippen LogP contribution in [0.4, 0.5) is 9.93 Å². The summed E-state index contributed by atoms with van der Waals surface area (Å²) in [5.41, 5.74) is 1.67. The van der Waals surface area contributed by atoms with Crippen LogP contribution in [0.5, 0.6) is 0 Å². The summed E-state index contributed by atoms with van der Waals surface area (Å²) in [6, 6.07) is 15.4. The zero-order valence-corrected chi connectivity index (χ0v) is 20.0. The summed E-state index contributed by atoms with van der Waals surface area (Å²) in [6.07, 6.45) is 0.137. The number of thiazole rings is 1. The van der Waals surface area contributed by atoms with E-state index in [0.29, 0.717) is 5.56 Å². The molecule has 9 heteroatoms. The second-order valence-corrected chi connectivity index (χ2v) is 8.15. The van der Waals surface area contributed by atoms with E-state index in [1.807, 2.05) is 50.2 Å². The first kappa shape index (κ1) is 24.8. The fourth-order valence-corrected chi connectivity index (χ4v) is 4.23. The molecule has 2 unspecified atom stereocenters. The molecule has 1 saturated heterocycles. The molecule has 4 rings (SSSR count). The molecule has 1 aliphatic heterocycles. The van der Waals surface area contributed by atoms with Gasteiger partial charge in [0.15, 0.2) is 10.9 Å². The van der Waals surface area contributed by atoms with Gasteiger partial charge in [0, 0.05) is 18.7 Å². The quantitative estimate of drug-likeness (QED) is 0.391. The van der Waals surface area contributed by atoms with Crippen LogP contribution < -0.4 is 10.6 Å². The van der Waals surface area contributed by atoms with Crippen molar-refractivity contribution in [2.75, 3.05) is 5.32 Å². The van der Waals surface area contributed by atoms with Crippen LogP contribution in [0.25, 0.3) is 0 Å². The third kappa shape index (κ3) is 5.55. The lowest BCUT2D eigenvalue weighted by molar-refractivity contribution is -0.134. The predicted molar refractivity (Wildman–Crippen MR) is 131 cm³/mol. The number of Topliss-reactive ketones (excluding diaryl/α,β-unsaturated/α-hetero) is 1. The highest BCUT2D eigenvalue weighted by Crippen LogP contribution is 2.26. The number of carbonyl (C=O) groups is 4. The summed E-state index contributed by atoms with van der Waals surface area (Å²) >= 11 is 1.10. The highest BCUT2D eigenvalue weighted by molar-refractivity contribution is 7.14. The maximum atomic E-state index is 13.2. The molecule has 1 aliphatic rings. The lowest BCUT2D eigenvalue weighted by Crippen LogP contribution is -2.49. The number of nitrogens with zero attached hydrogens (tertiary/aromatic N) is 2. The number of carbonyl (C=O) groups excluding carboxylic acids is 4. The molecule has 3 aromatic rings. The Morgan fingerprint density at radius 3 is 2.26 bits per heavy atom. The second-order valence-electron chi connectivity index (χ2n) is 7.29. The Labute approximate surface area is 202 Å². The van der Waals surface area contributed by atoms with E-state index in [1.54, 1.807) is 29.6 Å². The smallest absolute Gasteiger partial charge is 0.322 e. The zero-order valence-electron chi connectivity index (χ0n) is 19.1. The van der Waals surface area contributed by atoms with Crippen molar-refractivity contribution in [2.24, 2.45) is 0 Å². The van der Waals surface area contributed by atoms with Crippen LogP contribution >= 0.6 is 11.3 Å². The third-order valence-electron chi connectivity index (χ3n) is 5.09. The fraction of sp³-hybridized carbons (Fsp3) is 0.240. The van der Waals surface area contributed by atoms with E-state index in [2.05, 4.69) is 15.6 Å². The first-order valence-electron chi connectivity index (χ1n) is 10.9. The number of hydrogen-bond donors (Lipinski definition) is 2. The van der Waals surface area contributed by atoms with Gasteiger partial charge < -0.3 is 10.6 Å². The van der Waals surface area contributed by atoms with E-state index in [0.717, 1.165) is 21.8 Å². The summed E-state index contributed by atoms with van der Waals surface area (Å²) in [5, 5.41) is 7.10. The summed E-state index contributed by atoms with van der Waals surface area (Å²) in [5.74, 6) is -1.28. The Hall–Kier alpha value is -3.85. The van der Waals surface area contributed by atoms with Gasteiger partial charge in [-0.1, -0.05) is 74.5 Å². The summed E-state index contributed by atoms with van der Waals surface area (Å²) in [4.78, 5) is 55.8. The highest BCUT2D eigenvalue weighted by atomic mass is 32.1. The molecule has 176 valence electrons. The molecule has 0 aliphatic carbocycles. The van der Waals surface area contributed by atoms with Crippen LogP contribution in [0.2, 0.25) is 0 Å². The van der Waals surface area contributed by atoms with Crippen molar-refractivity contribution < 1.29 is 19.2 Å². The number of anilines is 1. The second kappa shape index (κ2) is 11.3. The van der Waals surface area contributed by atoms with E-state index >= 15 is 0 Å². The molecule has 0 radical (unpaired) electrons. The summed E-state index contributed by atoms with van der Waals surface area (Å²) in [7, 11) is 0. The molecule has 0 bridgehead atoms. The molecule has 2 N–H and O–H groups in total. The minimum Gasteiger partial charge on any atom is -0.322 e. The van der Waals surface area contributed by atoms with Gasteiger partial charge in [-0.3, -0.25) is 14.4 Å². The van der Waals surface area contributed by atoms with Crippen LogP contribution in [0.15, 0.2) is 66.0 Å². The van der Waals surface area contributed by atoms with Crippen molar-refractivity contribution >= 4 is 40.1 Å². The van der Waals surface area contributed by atoms with Gasteiger partial charge in [-0.15, -0.1) is 11.3 Å².